The van der Waals surface area contributed by atoms with Gasteiger partial charge in [0.1, 0.15) is 6.54 Å². The van der Waals surface area contributed by atoms with Gasteiger partial charge in [-0.1, -0.05) is 18.2 Å². The van der Waals surface area contributed by atoms with E-state index in [2.05, 4.69) is 5.32 Å². The van der Waals surface area contributed by atoms with Crippen LogP contribution in [0.5, 0.6) is 0 Å². The van der Waals surface area contributed by atoms with Gasteiger partial charge in [-0.3, -0.25) is 29.4 Å². The Morgan fingerprint density at radius 2 is 1.87 bits per heavy atom. The van der Waals surface area contributed by atoms with Crippen LogP contribution in [0.25, 0.3) is 6.08 Å². The summed E-state index contributed by atoms with van der Waals surface area (Å²) in [7, 11) is 0. The number of benzene rings is 2. The van der Waals surface area contributed by atoms with Gasteiger partial charge in [-0.05, 0) is 41.6 Å². The molecular formula is C19H12F3N3O5S. The van der Waals surface area contributed by atoms with Crippen molar-refractivity contribution in [1.29, 1.82) is 0 Å². The lowest BCUT2D eigenvalue weighted by Gasteiger charge is -2.13. The summed E-state index contributed by atoms with van der Waals surface area (Å²) in [6, 6.07) is 9.32. The highest BCUT2D eigenvalue weighted by atomic mass is 32.2. The number of nitro groups is 1. The maximum atomic E-state index is 12.8. The Labute approximate surface area is 176 Å². The average Bonchev–Trinajstić information content (AvgIpc) is 2.95. The third-order valence-corrected chi connectivity index (χ3v) is 4.94. The van der Waals surface area contributed by atoms with Crippen molar-refractivity contribution in [3.63, 3.8) is 0 Å². The van der Waals surface area contributed by atoms with Crippen LogP contribution in [-0.4, -0.2) is 33.4 Å². The number of hydrogen-bond acceptors (Lipinski definition) is 6. The van der Waals surface area contributed by atoms with Crippen LogP contribution in [0.1, 0.15) is 11.1 Å². The van der Waals surface area contributed by atoms with Gasteiger partial charge >= 0.3 is 6.18 Å². The third kappa shape index (κ3) is 5.28. The summed E-state index contributed by atoms with van der Waals surface area (Å²) in [5.41, 5.74) is -0.989. The van der Waals surface area contributed by atoms with E-state index in [1.54, 1.807) is 0 Å². The molecule has 2 aromatic rings. The van der Waals surface area contributed by atoms with E-state index < -0.39 is 40.3 Å². The van der Waals surface area contributed by atoms with E-state index in [-0.39, 0.29) is 16.3 Å². The largest absolute Gasteiger partial charge is 0.416 e. The number of carbonyl (C=O) groups excluding carboxylic acids is 3. The SMILES string of the molecule is O=C(CN1C(=O)S/C(=C\c2cccc([N+](=O)[O-])c2)C1=O)Nc1cccc(C(F)(F)F)c1. The van der Waals surface area contributed by atoms with E-state index in [9.17, 15) is 37.7 Å². The van der Waals surface area contributed by atoms with Gasteiger partial charge in [0.05, 0.1) is 15.4 Å². The lowest BCUT2D eigenvalue weighted by molar-refractivity contribution is -0.384. The van der Waals surface area contributed by atoms with Crippen LogP contribution in [0.4, 0.5) is 29.3 Å². The van der Waals surface area contributed by atoms with Gasteiger partial charge < -0.3 is 5.32 Å². The molecule has 1 aliphatic heterocycles. The van der Waals surface area contributed by atoms with Crippen LogP contribution < -0.4 is 5.32 Å². The molecule has 1 aliphatic rings. The fraction of sp³-hybridized carbons (Fsp3) is 0.105. The zero-order chi connectivity index (χ0) is 22.8. The van der Waals surface area contributed by atoms with Crippen LogP contribution in [0.15, 0.2) is 53.4 Å². The van der Waals surface area contributed by atoms with Crippen LogP contribution in [0, 0.1) is 10.1 Å². The minimum atomic E-state index is -4.59. The maximum absolute atomic E-state index is 12.8. The molecule has 0 radical (unpaired) electrons. The summed E-state index contributed by atoms with van der Waals surface area (Å²) in [4.78, 5) is 47.6. The maximum Gasteiger partial charge on any atom is 0.416 e. The normalized spacial score (nSPS) is 15.5. The van der Waals surface area contributed by atoms with Gasteiger partial charge in [0.25, 0.3) is 16.8 Å². The molecular weight excluding hydrogens is 439 g/mol. The average molecular weight is 451 g/mol. The zero-order valence-electron chi connectivity index (χ0n) is 15.4. The molecule has 1 fully saturated rings. The van der Waals surface area contributed by atoms with Gasteiger partial charge in [-0.25, -0.2) is 0 Å². The second-order valence-electron chi connectivity index (χ2n) is 6.25. The minimum Gasteiger partial charge on any atom is -0.325 e. The first-order chi connectivity index (χ1) is 14.5. The van der Waals surface area contributed by atoms with Crippen molar-refractivity contribution in [3.8, 4) is 0 Å². The molecule has 0 spiro atoms. The number of nitrogens with one attached hydrogen (secondary N) is 1. The summed E-state index contributed by atoms with van der Waals surface area (Å²) in [6.07, 6.45) is -3.31. The van der Waals surface area contributed by atoms with Crippen LogP contribution in [0.2, 0.25) is 0 Å². The molecule has 8 nitrogen and oxygen atoms in total. The van der Waals surface area contributed by atoms with Gasteiger partial charge in [-0.2, -0.15) is 13.2 Å². The molecule has 0 saturated carbocycles. The lowest BCUT2D eigenvalue weighted by atomic mass is 10.2. The first kappa shape index (κ1) is 22.0. The predicted molar refractivity (Wildman–Crippen MR) is 106 cm³/mol. The second kappa shape index (κ2) is 8.60. The van der Waals surface area contributed by atoms with Crippen molar-refractivity contribution in [2.24, 2.45) is 0 Å². The molecule has 31 heavy (non-hydrogen) atoms. The summed E-state index contributed by atoms with van der Waals surface area (Å²) in [5.74, 6) is -1.65. The molecule has 3 amide bonds. The molecule has 1 heterocycles. The number of alkyl halides is 3. The fourth-order valence-corrected chi connectivity index (χ4v) is 3.47. The minimum absolute atomic E-state index is 0.0441. The van der Waals surface area contributed by atoms with Crippen molar-refractivity contribution in [2.45, 2.75) is 6.18 Å². The highest BCUT2D eigenvalue weighted by Crippen LogP contribution is 2.33. The van der Waals surface area contributed by atoms with E-state index in [4.69, 9.17) is 0 Å². The highest BCUT2D eigenvalue weighted by molar-refractivity contribution is 8.18. The van der Waals surface area contributed by atoms with Gasteiger partial charge in [0.2, 0.25) is 5.91 Å². The Kier molecular flexibility index (Phi) is 6.11. The smallest absolute Gasteiger partial charge is 0.325 e. The third-order valence-electron chi connectivity index (χ3n) is 4.03. The Balaban J connectivity index is 1.71. The lowest BCUT2D eigenvalue weighted by Crippen LogP contribution is -2.36. The van der Waals surface area contributed by atoms with E-state index in [1.807, 2.05) is 0 Å². The second-order valence-corrected chi connectivity index (χ2v) is 7.24. The number of imide groups is 1. The number of nitrogens with zero attached hydrogens (tertiary/aromatic N) is 2. The molecule has 3 rings (SSSR count). The molecule has 0 aromatic heterocycles. The van der Waals surface area contributed by atoms with E-state index in [1.165, 1.54) is 36.4 Å². The Morgan fingerprint density at radius 3 is 2.55 bits per heavy atom. The van der Waals surface area contributed by atoms with E-state index in [0.717, 1.165) is 18.2 Å². The molecule has 2 aromatic carbocycles. The number of nitro benzene ring substituents is 1. The van der Waals surface area contributed by atoms with Crippen molar-refractivity contribution in [2.75, 3.05) is 11.9 Å². The number of amides is 3. The predicted octanol–water partition coefficient (Wildman–Crippen LogP) is 4.29. The quantitative estimate of drug-likeness (QED) is 0.413. The number of rotatable bonds is 5. The molecule has 12 heteroatoms. The number of halogens is 3. The van der Waals surface area contributed by atoms with Crippen LogP contribution in [-0.2, 0) is 15.8 Å². The van der Waals surface area contributed by atoms with E-state index >= 15 is 0 Å². The zero-order valence-corrected chi connectivity index (χ0v) is 16.2. The first-order valence-electron chi connectivity index (χ1n) is 8.51. The molecule has 0 unspecified atom stereocenters. The van der Waals surface area contributed by atoms with Gasteiger partial charge in [0.15, 0.2) is 0 Å². The van der Waals surface area contributed by atoms with Gasteiger partial charge in [0, 0.05) is 17.8 Å². The Hall–Kier alpha value is -3.67. The molecule has 0 atom stereocenters. The number of anilines is 1. The van der Waals surface area contributed by atoms with Crippen LogP contribution >= 0.6 is 11.8 Å². The summed E-state index contributed by atoms with van der Waals surface area (Å²) < 4.78 is 38.3. The van der Waals surface area contributed by atoms with Crippen LogP contribution in [0.3, 0.4) is 0 Å². The molecule has 1 N–H and O–H groups in total. The van der Waals surface area contributed by atoms with Crippen molar-refractivity contribution < 1.29 is 32.5 Å². The number of non-ortho nitro benzene ring substituents is 1. The fourth-order valence-electron chi connectivity index (χ4n) is 2.63. The Morgan fingerprint density at radius 1 is 1.16 bits per heavy atom. The standard InChI is InChI=1S/C19H12F3N3O5S/c20-19(21,22)12-4-2-5-13(9-12)23-16(26)10-24-17(27)15(31-18(24)28)8-11-3-1-6-14(7-11)25(29)30/h1-9H,10H2,(H,23,26)/b15-8-. The van der Waals surface area contributed by atoms with Gasteiger partial charge in [-0.15, -0.1) is 0 Å². The molecule has 160 valence electrons. The monoisotopic (exact) mass is 451 g/mol. The topological polar surface area (TPSA) is 110 Å². The summed E-state index contributed by atoms with van der Waals surface area (Å²) in [5, 5.41) is 12.3. The van der Waals surface area contributed by atoms with Crippen molar-refractivity contribution >= 4 is 46.3 Å². The summed E-state index contributed by atoms with van der Waals surface area (Å²) in [6.45, 7) is -0.701. The molecule has 1 saturated heterocycles. The summed E-state index contributed by atoms with van der Waals surface area (Å²) >= 11 is 0.545. The number of carbonyl (C=O) groups is 3. The number of hydrogen-bond donors (Lipinski definition) is 1. The molecule has 0 aliphatic carbocycles. The number of thioether (sulfide) groups is 1. The first-order valence-corrected chi connectivity index (χ1v) is 9.33. The van der Waals surface area contributed by atoms with Crippen molar-refractivity contribution in [1.82, 2.24) is 4.90 Å². The molecule has 0 bridgehead atoms. The van der Waals surface area contributed by atoms with Crippen molar-refractivity contribution in [3.05, 3.63) is 74.7 Å². The van der Waals surface area contributed by atoms with E-state index in [0.29, 0.717) is 22.2 Å². The highest BCUT2D eigenvalue weighted by Gasteiger charge is 2.36. The Bertz CT molecular complexity index is 1120.